The number of anilines is 3. The number of para-hydroxylation sites is 1. The topological polar surface area (TPSA) is 3.24 Å². The number of hydrogen-bond donors (Lipinski definition) is 0. The molecule has 0 saturated carbocycles. The minimum Gasteiger partial charge on any atom is -0.310 e. The second-order valence-corrected chi connectivity index (χ2v) is 13.7. The van der Waals surface area contributed by atoms with Gasteiger partial charge in [0.25, 0.3) is 0 Å². The predicted octanol–water partition coefficient (Wildman–Crippen LogP) is 14.8. The zero-order valence-corrected chi connectivity index (χ0v) is 29.2. The van der Waals surface area contributed by atoms with Gasteiger partial charge in [0.1, 0.15) is 0 Å². The summed E-state index contributed by atoms with van der Waals surface area (Å²) in [6.07, 6.45) is 0. The van der Waals surface area contributed by atoms with Crippen LogP contribution in [0.1, 0.15) is 0 Å². The fourth-order valence-corrected chi connectivity index (χ4v) is 8.06. The highest BCUT2D eigenvalue weighted by molar-refractivity contribution is 6.20. The summed E-state index contributed by atoms with van der Waals surface area (Å²) in [7, 11) is 0. The van der Waals surface area contributed by atoms with Gasteiger partial charge in [-0.25, -0.2) is 0 Å². The highest BCUT2D eigenvalue weighted by Crippen LogP contribution is 2.43. The van der Waals surface area contributed by atoms with Crippen LogP contribution >= 0.6 is 0 Å². The van der Waals surface area contributed by atoms with Crippen LogP contribution in [0, 0.1) is 0 Å². The molecule has 0 spiro atoms. The summed E-state index contributed by atoms with van der Waals surface area (Å²) in [5.41, 5.74) is 10.5. The minimum atomic E-state index is 1.10. The molecule has 0 aromatic heterocycles. The van der Waals surface area contributed by atoms with Gasteiger partial charge in [0.15, 0.2) is 0 Å². The molecule has 0 heterocycles. The van der Waals surface area contributed by atoms with Crippen molar-refractivity contribution in [3.05, 3.63) is 212 Å². The van der Waals surface area contributed by atoms with Gasteiger partial charge in [0.05, 0.1) is 5.69 Å². The molecule has 1 heteroatoms. The third-order valence-corrected chi connectivity index (χ3v) is 10.6. The Balaban J connectivity index is 1.11. The average Bonchev–Trinajstić information content (AvgIpc) is 3.24. The Labute approximate surface area is 309 Å². The van der Waals surface area contributed by atoms with E-state index in [4.69, 9.17) is 0 Å². The molecule has 0 amide bonds. The van der Waals surface area contributed by atoms with E-state index in [1.807, 2.05) is 0 Å². The van der Waals surface area contributed by atoms with Crippen molar-refractivity contribution in [3.8, 4) is 33.4 Å². The summed E-state index contributed by atoms with van der Waals surface area (Å²) in [6, 6.07) is 77.2. The molecule has 0 aliphatic carbocycles. The molecular formula is C52H35N. The molecule has 0 aliphatic heterocycles. The standard InChI is InChI=1S/C52H35N/c1-2-12-37(13-3-1)48-20-8-9-23-51(48)53(44-31-28-39(29-32-44)47-22-11-16-36-14-4-6-19-46(36)47)45-18-10-17-41(35-45)42-30-33-50-43(34-42)27-26-40-25-24-38-15-5-7-21-49(38)52(40)50/h1-35H. The van der Waals surface area contributed by atoms with Crippen molar-refractivity contribution in [2.45, 2.75) is 0 Å². The van der Waals surface area contributed by atoms with Gasteiger partial charge in [-0.15, -0.1) is 0 Å². The number of nitrogens with zero attached hydrogens (tertiary/aromatic N) is 1. The smallest absolute Gasteiger partial charge is 0.0540 e. The van der Waals surface area contributed by atoms with E-state index < -0.39 is 0 Å². The first-order valence-electron chi connectivity index (χ1n) is 18.3. The highest BCUT2D eigenvalue weighted by Gasteiger charge is 2.18. The molecule has 0 aliphatic rings. The van der Waals surface area contributed by atoms with E-state index in [0.29, 0.717) is 0 Å². The van der Waals surface area contributed by atoms with E-state index in [-0.39, 0.29) is 0 Å². The first-order valence-corrected chi connectivity index (χ1v) is 18.3. The van der Waals surface area contributed by atoms with Gasteiger partial charge in [-0.05, 0) is 107 Å². The van der Waals surface area contributed by atoms with Gasteiger partial charge < -0.3 is 4.90 Å². The summed E-state index contributed by atoms with van der Waals surface area (Å²) in [4.78, 5) is 2.40. The Hall–Kier alpha value is -6.96. The van der Waals surface area contributed by atoms with Crippen molar-refractivity contribution in [1.82, 2.24) is 0 Å². The van der Waals surface area contributed by atoms with Gasteiger partial charge in [-0.2, -0.15) is 0 Å². The first-order chi connectivity index (χ1) is 26.3. The highest BCUT2D eigenvalue weighted by atomic mass is 15.1. The number of hydrogen-bond acceptors (Lipinski definition) is 1. The Morgan fingerprint density at radius 2 is 0.811 bits per heavy atom. The van der Waals surface area contributed by atoms with Crippen molar-refractivity contribution in [2.75, 3.05) is 4.90 Å². The molecule has 0 unspecified atom stereocenters. The molecule has 248 valence electrons. The van der Waals surface area contributed by atoms with Gasteiger partial charge >= 0.3 is 0 Å². The SMILES string of the molecule is c1ccc(-c2ccccc2N(c2ccc(-c3cccc4ccccc34)cc2)c2cccc(-c3ccc4c(ccc5ccc6ccccc6c54)c3)c2)cc1. The van der Waals surface area contributed by atoms with E-state index in [0.717, 1.165) is 17.1 Å². The van der Waals surface area contributed by atoms with Crippen LogP contribution in [0.25, 0.3) is 76.5 Å². The fourth-order valence-electron chi connectivity index (χ4n) is 8.06. The molecule has 10 aromatic carbocycles. The second kappa shape index (κ2) is 13.0. The van der Waals surface area contributed by atoms with Crippen LogP contribution in [0.2, 0.25) is 0 Å². The maximum absolute atomic E-state index is 2.40. The Bertz CT molecular complexity index is 2940. The lowest BCUT2D eigenvalue weighted by Crippen LogP contribution is -2.11. The van der Waals surface area contributed by atoms with Crippen molar-refractivity contribution in [2.24, 2.45) is 0 Å². The third kappa shape index (κ3) is 5.51. The lowest BCUT2D eigenvalue weighted by atomic mass is 9.94. The van der Waals surface area contributed by atoms with Crippen LogP contribution < -0.4 is 4.90 Å². The van der Waals surface area contributed by atoms with Crippen LogP contribution in [0.5, 0.6) is 0 Å². The molecule has 0 atom stereocenters. The zero-order chi connectivity index (χ0) is 35.1. The third-order valence-electron chi connectivity index (χ3n) is 10.6. The predicted molar refractivity (Wildman–Crippen MR) is 227 cm³/mol. The quantitative estimate of drug-likeness (QED) is 0.159. The first kappa shape index (κ1) is 30.8. The van der Waals surface area contributed by atoms with Gasteiger partial charge in [-0.1, -0.05) is 176 Å². The molecule has 0 radical (unpaired) electrons. The normalized spacial score (nSPS) is 11.4. The molecule has 0 bridgehead atoms. The molecule has 10 aromatic rings. The van der Waals surface area contributed by atoms with Gasteiger partial charge in [0, 0.05) is 16.9 Å². The maximum atomic E-state index is 2.40. The van der Waals surface area contributed by atoms with Crippen molar-refractivity contribution >= 4 is 60.2 Å². The van der Waals surface area contributed by atoms with E-state index >= 15 is 0 Å². The lowest BCUT2D eigenvalue weighted by Gasteiger charge is -2.28. The van der Waals surface area contributed by atoms with Crippen LogP contribution in [-0.4, -0.2) is 0 Å². The van der Waals surface area contributed by atoms with E-state index in [2.05, 4.69) is 217 Å². The fraction of sp³-hybridized carbons (Fsp3) is 0. The summed E-state index contributed by atoms with van der Waals surface area (Å²) in [5.74, 6) is 0. The average molecular weight is 674 g/mol. The molecule has 10 rings (SSSR count). The van der Waals surface area contributed by atoms with Crippen LogP contribution in [0.15, 0.2) is 212 Å². The van der Waals surface area contributed by atoms with Crippen molar-refractivity contribution in [1.29, 1.82) is 0 Å². The molecular weight excluding hydrogens is 639 g/mol. The minimum absolute atomic E-state index is 1.10. The van der Waals surface area contributed by atoms with Crippen molar-refractivity contribution < 1.29 is 0 Å². The summed E-state index contributed by atoms with van der Waals surface area (Å²) in [5, 5.41) is 10.2. The molecule has 0 saturated heterocycles. The monoisotopic (exact) mass is 673 g/mol. The van der Waals surface area contributed by atoms with Crippen LogP contribution in [0.3, 0.4) is 0 Å². The Morgan fingerprint density at radius 3 is 1.66 bits per heavy atom. The molecule has 0 N–H and O–H groups in total. The molecule has 53 heavy (non-hydrogen) atoms. The number of fused-ring (bicyclic) bond motifs is 6. The summed E-state index contributed by atoms with van der Waals surface area (Å²) < 4.78 is 0. The number of benzene rings is 10. The van der Waals surface area contributed by atoms with Gasteiger partial charge in [0.2, 0.25) is 0 Å². The number of rotatable bonds is 6. The molecule has 1 nitrogen and oxygen atoms in total. The van der Waals surface area contributed by atoms with Crippen LogP contribution in [0.4, 0.5) is 17.1 Å². The second-order valence-electron chi connectivity index (χ2n) is 13.7. The summed E-state index contributed by atoms with van der Waals surface area (Å²) in [6.45, 7) is 0. The summed E-state index contributed by atoms with van der Waals surface area (Å²) >= 11 is 0. The lowest BCUT2D eigenvalue weighted by molar-refractivity contribution is 1.28. The zero-order valence-electron chi connectivity index (χ0n) is 29.2. The molecule has 0 fully saturated rings. The largest absolute Gasteiger partial charge is 0.310 e. The van der Waals surface area contributed by atoms with E-state index in [9.17, 15) is 0 Å². The Kier molecular flexibility index (Phi) is 7.55. The van der Waals surface area contributed by atoms with Crippen molar-refractivity contribution in [3.63, 3.8) is 0 Å². The van der Waals surface area contributed by atoms with Gasteiger partial charge in [-0.3, -0.25) is 0 Å². The van der Waals surface area contributed by atoms with E-state index in [1.165, 1.54) is 76.5 Å². The Morgan fingerprint density at radius 1 is 0.264 bits per heavy atom. The van der Waals surface area contributed by atoms with Crippen LogP contribution in [-0.2, 0) is 0 Å². The maximum Gasteiger partial charge on any atom is 0.0540 e. The van der Waals surface area contributed by atoms with E-state index in [1.54, 1.807) is 0 Å².